The summed E-state index contributed by atoms with van der Waals surface area (Å²) in [4.78, 5) is 40.4. The first kappa shape index (κ1) is 17.4. The molecule has 0 radical (unpaired) electrons. The van der Waals surface area contributed by atoms with Crippen LogP contribution in [0.25, 0.3) is 0 Å². The first-order chi connectivity index (χ1) is 11.3. The van der Waals surface area contributed by atoms with Crippen LogP contribution in [0.3, 0.4) is 0 Å². The van der Waals surface area contributed by atoms with E-state index in [4.69, 9.17) is 16.7 Å². The van der Waals surface area contributed by atoms with Crippen molar-refractivity contribution in [3.63, 3.8) is 0 Å². The molecule has 2 aromatic rings. The van der Waals surface area contributed by atoms with Crippen LogP contribution in [-0.2, 0) is 16.0 Å². The van der Waals surface area contributed by atoms with Gasteiger partial charge in [-0.15, -0.1) is 0 Å². The number of nitrogens with zero attached hydrogens (tertiary/aromatic N) is 4. The van der Waals surface area contributed by atoms with E-state index in [2.05, 4.69) is 35.6 Å². The Balaban J connectivity index is 2.15. The maximum absolute atomic E-state index is 11.4. The Labute approximate surface area is 140 Å². The number of carboxylic acids is 2. The number of rotatable bonds is 8. The highest BCUT2D eigenvalue weighted by atomic mass is 35.5. The second-order valence-electron chi connectivity index (χ2n) is 4.76. The van der Waals surface area contributed by atoms with Gasteiger partial charge in [0.05, 0.1) is 12.0 Å². The van der Waals surface area contributed by atoms with E-state index in [0.29, 0.717) is 5.69 Å². The summed E-state index contributed by atoms with van der Waals surface area (Å²) in [6, 6.07) is -2.02. The normalized spacial score (nSPS) is 13.1. The molecule has 0 aromatic carbocycles. The third-order valence-corrected chi connectivity index (χ3v) is 3.06. The van der Waals surface area contributed by atoms with E-state index >= 15 is 0 Å². The third-order valence-electron chi connectivity index (χ3n) is 2.89. The lowest BCUT2D eigenvalue weighted by atomic mass is 10.2. The van der Waals surface area contributed by atoms with Crippen molar-refractivity contribution in [3.8, 4) is 0 Å². The number of halogens is 1. The van der Waals surface area contributed by atoms with Crippen LogP contribution >= 0.6 is 11.6 Å². The molecule has 24 heavy (non-hydrogen) atoms. The number of imidazole rings is 1. The number of aliphatic carboxylic acids is 2. The van der Waals surface area contributed by atoms with Gasteiger partial charge in [-0.2, -0.15) is 15.0 Å². The number of aromatic amines is 1. The van der Waals surface area contributed by atoms with Crippen LogP contribution in [0.1, 0.15) is 12.6 Å². The fraction of sp³-hybridized carbons (Fsp3) is 0.333. The van der Waals surface area contributed by atoms with Gasteiger partial charge in [0.25, 0.3) is 0 Å². The fourth-order valence-corrected chi connectivity index (χ4v) is 1.86. The fourth-order valence-electron chi connectivity index (χ4n) is 1.70. The molecule has 2 aromatic heterocycles. The molecule has 0 aliphatic heterocycles. The molecule has 0 spiro atoms. The lowest BCUT2D eigenvalue weighted by Crippen LogP contribution is -2.33. The van der Waals surface area contributed by atoms with Crippen LogP contribution in [0.2, 0.25) is 5.28 Å². The van der Waals surface area contributed by atoms with E-state index in [9.17, 15) is 14.7 Å². The van der Waals surface area contributed by atoms with E-state index in [1.54, 1.807) is 6.20 Å². The molecule has 0 aliphatic rings. The average Bonchev–Trinajstić information content (AvgIpc) is 2.98. The molecule has 12 heteroatoms. The minimum Gasteiger partial charge on any atom is -0.480 e. The summed E-state index contributed by atoms with van der Waals surface area (Å²) < 4.78 is 0. The molecule has 128 valence electrons. The minimum atomic E-state index is -1.14. The summed E-state index contributed by atoms with van der Waals surface area (Å²) in [5.41, 5.74) is 0.535. The third kappa shape index (κ3) is 4.78. The molecular weight excluding hydrogens is 342 g/mol. The van der Waals surface area contributed by atoms with Crippen molar-refractivity contribution < 1.29 is 19.8 Å². The molecule has 2 heterocycles. The van der Waals surface area contributed by atoms with Gasteiger partial charge in [0.1, 0.15) is 12.1 Å². The number of aromatic nitrogens is 5. The smallest absolute Gasteiger partial charge is 0.326 e. The van der Waals surface area contributed by atoms with Gasteiger partial charge in [0, 0.05) is 12.6 Å². The molecule has 11 nitrogen and oxygen atoms in total. The first-order valence-electron chi connectivity index (χ1n) is 6.73. The van der Waals surface area contributed by atoms with Crippen molar-refractivity contribution in [2.24, 2.45) is 0 Å². The molecule has 2 rings (SSSR count). The number of H-pyrrole nitrogens is 1. The Hall–Kier alpha value is -2.95. The Bertz CT molecular complexity index is 724. The highest BCUT2D eigenvalue weighted by molar-refractivity contribution is 6.28. The van der Waals surface area contributed by atoms with Crippen LogP contribution in [0.15, 0.2) is 12.5 Å². The molecule has 2 unspecified atom stereocenters. The number of nitrogens with one attached hydrogen (secondary N) is 3. The maximum atomic E-state index is 11.4. The zero-order valence-corrected chi connectivity index (χ0v) is 13.2. The molecule has 0 bridgehead atoms. The molecular formula is C12H14ClN7O4. The Morgan fingerprint density at radius 1 is 1.21 bits per heavy atom. The van der Waals surface area contributed by atoms with Crippen molar-refractivity contribution in [3.05, 3.63) is 23.5 Å². The average molecular weight is 356 g/mol. The van der Waals surface area contributed by atoms with Crippen molar-refractivity contribution in [2.75, 3.05) is 10.6 Å². The zero-order chi connectivity index (χ0) is 17.7. The van der Waals surface area contributed by atoms with Crippen LogP contribution in [0.4, 0.5) is 11.9 Å². The zero-order valence-electron chi connectivity index (χ0n) is 12.4. The summed E-state index contributed by atoms with van der Waals surface area (Å²) in [5, 5.41) is 23.1. The minimum absolute atomic E-state index is 0.0798. The van der Waals surface area contributed by atoms with Crippen molar-refractivity contribution in [2.45, 2.75) is 25.4 Å². The molecule has 0 aliphatic carbocycles. The van der Waals surface area contributed by atoms with Gasteiger partial charge < -0.3 is 25.8 Å². The monoisotopic (exact) mass is 355 g/mol. The SMILES string of the molecule is CC(Nc1nc(Cl)nc(NC(Cc2c[nH]cn2)C(=O)O)n1)C(=O)O. The number of carbonyl (C=O) groups is 2. The number of anilines is 2. The van der Waals surface area contributed by atoms with Crippen LogP contribution in [-0.4, -0.2) is 59.2 Å². The second kappa shape index (κ2) is 7.55. The largest absolute Gasteiger partial charge is 0.480 e. The second-order valence-corrected chi connectivity index (χ2v) is 5.09. The topological polar surface area (TPSA) is 166 Å². The van der Waals surface area contributed by atoms with Crippen molar-refractivity contribution in [1.82, 2.24) is 24.9 Å². The van der Waals surface area contributed by atoms with Gasteiger partial charge in [0.2, 0.25) is 17.2 Å². The van der Waals surface area contributed by atoms with Crippen molar-refractivity contribution in [1.29, 1.82) is 0 Å². The summed E-state index contributed by atoms with van der Waals surface area (Å²) in [6.45, 7) is 1.39. The van der Waals surface area contributed by atoms with Crippen molar-refractivity contribution >= 4 is 35.4 Å². The molecule has 0 saturated carbocycles. The van der Waals surface area contributed by atoms with E-state index in [-0.39, 0.29) is 23.6 Å². The Morgan fingerprint density at radius 2 is 1.88 bits per heavy atom. The van der Waals surface area contributed by atoms with E-state index in [1.807, 2.05) is 0 Å². The van der Waals surface area contributed by atoms with Gasteiger partial charge in [0.15, 0.2) is 0 Å². The van der Waals surface area contributed by atoms with Gasteiger partial charge in [-0.1, -0.05) is 0 Å². The lowest BCUT2D eigenvalue weighted by Gasteiger charge is -2.15. The highest BCUT2D eigenvalue weighted by Crippen LogP contribution is 2.13. The first-order valence-corrected chi connectivity index (χ1v) is 7.11. The van der Waals surface area contributed by atoms with Gasteiger partial charge >= 0.3 is 11.9 Å². The predicted octanol–water partition coefficient (Wildman–Crippen LogP) is 0.241. The van der Waals surface area contributed by atoms with Gasteiger partial charge in [-0.25, -0.2) is 9.78 Å². The van der Waals surface area contributed by atoms with E-state index < -0.39 is 24.0 Å². The predicted molar refractivity (Wildman–Crippen MR) is 82.9 cm³/mol. The molecule has 2 atom stereocenters. The summed E-state index contributed by atoms with van der Waals surface area (Å²) in [6.07, 6.45) is 3.08. The molecule has 0 fully saturated rings. The Kier molecular flexibility index (Phi) is 5.47. The van der Waals surface area contributed by atoms with Gasteiger partial charge in [-0.3, -0.25) is 4.79 Å². The lowest BCUT2D eigenvalue weighted by molar-refractivity contribution is -0.138. The van der Waals surface area contributed by atoms with Crippen LogP contribution in [0.5, 0.6) is 0 Å². The van der Waals surface area contributed by atoms with E-state index in [1.165, 1.54) is 13.3 Å². The number of carboxylic acid groups (broad SMARTS) is 2. The number of hydrogen-bond acceptors (Lipinski definition) is 8. The molecule has 0 amide bonds. The molecule has 5 N–H and O–H groups in total. The van der Waals surface area contributed by atoms with E-state index in [0.717, 1.165) is 0 Å². The standard InChI is InChI=1S/C12H14ClN7O4/c1-5(8(21)22)16-11-18-10(13)19-12(20-11)17-7(9(23)24)2-6-3-14-4-15-6/h3-5,7H,2H2,1H3,(H,14,15)(H,21,22)(H,23,24)(H2,16,17,18,19,20). The summed E-state index contributed by atoms with van der Waals surface area (Å²) in [5.74, 6) is -2.43. The molecule has 0 saturated heterocycles. The highest BCUT2D eigenvalue weighted by Gasteiger charge is 2.21. The maximum Gasteiger partial charge on any atom is 0.326 e. The summed E-state index contributed by atoms with van der Waals surface area (Å²) in [7, 11) is 0. The Morgan fingerprint density at radius 3 is 2.42 bits per heavy atom. The van der Waals surface area contributed by atoms with Crippen LogP contribution in [0, 0.1) is 0 Å². The number of hydrogen-bond donors (Lipinski definition) is 5. The van der Waals surface area contributed by atoms with Crippen LogP contribution < -0.4 is 10.6 Å². The van der Waals surface area contributed by atoms with Gasteiger partial charge in [-0.05, 0) is 18.5 Å². The quantitative estimate of drug-likeness (QED) is 0.442. The summed E-state index contributed by atoms with van der Waals surface area (Å²) >= 11 is 5.76.